The monoisotopic (exact) mass is 216 g/mol. The van der Waals surface area contributed by atoms with Gasteiger partial charge in [-0.1, -0.05) is 0 Å². The number of aromatic amines is 1. The summed E-state index contributed by atoms with van der Waals surface area (Å²) in [6.07, 6.45) is 0.603. The first-order valence-electron chi connectivity index (χ1n) is 4.03. The van der Waals surface area contributed by atoms with Gasteiger partial charge in [-0.2, -0.15) is 8.78 Å². The lowest BCUT2D eigenvalue weighted by atomic mass is 10.3. The topological polar surface area (TPSA) is 64.1 Å². The highest BCUT2D eigenvalue weighted by atomic mass is 19.3. The number of hydrogen-bond acceptors (Lipinski definition) is 3. The second-order valence-electron chi connectivity index (χ2n) is 2.98. The molecule has 0 amide bonds. The molecule has 0 fully saturated rings. The zero-order valence-corrected chi connectivity index (χ0v) is 7.31. The van der Waals surface area contributed by atoms with Gasteiger partial charge in [-0.3, -0.25) is 14.3 Å². The molecule has 1 aliphatic rings. The van der Waals surface area contributed by atoms with E-state index in [4.69, 9.17) is 0 Å². The largest absolute Gasteiger partial charge is 0.471 e. The van der Waals surface area contributed by atoms with Crippen LogP contribution in [0.5, 0.6) is 0 Å². The SMILES string of the molecule is O=c1ccn(C2OC=CC2(F)F)c(=O)[nH]1. The van der Waals surface area contributed by atoms with E-state index in [-0.39, 0.29) is 0 Å². The maximum Gasteiger partial charge on any atom is 0.331 e. The molecule has 0 aliphatic carbocycles. The highest BCUT2D eigenvalue weighted by Crippen LogP contribution is 2.35. The van der Waals surface area contributed by atoms with Crippen molar-refractivity contribution in [2.75, 3.05) is 0 Å². The summed E-state index contributed by atoms with van der Waals surface area (Å²) in [5, 5.41) is 0. The molecule has 15 heavy (non-hydrogen) atoms. The molecule has 1 N–H and O–H groups in total. The molecule has 0 spiro atoms. The van der Waals surface area contributed by atoms with Crippen molar-refractivity contribution >= 4 is 0 Å². The standard InChI is InChI=1S/C8H6F2N2O3/c9-8(10)2-4-15-6(8)12-3-1-5(13)11-7(12)14/h1-4,6H,(H,11,13,14). The number of H-pyrrole nitrogens is 1. The molecule has 1 aromatic rings. The Hall–Kier alpha value is -1.92. The Labute approximate surface area is 81.6 Å². The zero-order chi connectivity index (χ0) is 11.1. The second kappa shape index (κ2) is 3.04. The van der Waals surface area contributed by atoms with Gasteiger partial charge in [0.1, 0.15) is 0 Å². The molecule has 0 aromatic carbocycles. The van der Waals surface area contributed by atoms with Crippen LogP contribution in [0.4, 0.5) is 8.78 Å². The molecular formula is C8H6F2N2O3. The summed E-state index contributed by atoms with van der Waals surface area (Å²) in [5.74, 6) is -3.26. The lowest BCUT2D eigenvalue weighted by Crippen LogP contribution is -2.37. The molecule has 2 heterocycles. The van der Waals surface area contributed by atoms with Gasteiger partial charge in [0.25, 0.3) is 5.56 Å². The van der Waals surface area contributed by atoms with Crippen molar-refractivity contribution in [1.82, 2.24) is 9.55 Å². The molecule has 0 bridgehead atoms. The smallest absolute Gasteiger partial charge is 0.331 e. The van der Waals surface area contributed by atoms with Gasteiger partial charge in [0, 0.05) is 18.3 Å². The minimum Gasteiger partial charge on any atom is -0.471 e. The first kappa shape index (κ1) is 9.63. The molecule has 5 nitrogen and oxygen atoms in total. The van der Waals surface area contributed by atoms with Crippen LogP contribution in [-0.2, 0) is 4.74 Å². The third kappa shape index (κ3) is 1.56. The van der Waals surface area contributed by atoms with Crippen molar-refractivity contribution in [1.29, 1.82) is 0 Å². The molecular weight excluding hydrogens is 210 g/mol. The van der Waals surface area contributed by atoms with Crippen LogP contribution in [-0.4, -0.2) is 15.5 Å². The highest BCUT2D eigenvalue weighted by Gasteiger charge is 2.44. The van der Waals surface area contributed by atoms with Gasteiger partial charge in [0.05, 0.1) is 6.26 Å². The lowest BCUT2D eigenvalue weighted by Gasteiger charge is -2.19. The van der Waals surface area contributed by atoms with E-state index in [1.807, 2.05) is 4.98 Å². The number of halogens is 2. The van der Waals surface area contributed by atoms with Crippen molar-refractivity contribution in [3.8, 4) is 0 Å². The Morgan fingerprint density at radius 3 is 2.73 bits per heavy atom. The van der Waals surface area contributed by atoms with Crippen LogP contribution in [0, 0.1) is 0 Å². The average Bonchev–Trinajstić information content (AvgIpc) is 2.46. The quantitative estimate of drug-likeness (QED) is 0.730. The van der Waals surface area contributed by atoms with E-state index in [9.17, 15) is 18.4 Å². The van der Waals surface area contributed by atoms with E-state index in [2.05, 4.69) is 4.74 Å². The van der Waals surface area contributed by atoms with Crippen molar-refractivity contribution < 1.29 is 13.5 Å². The first-order chi connectivity index (χ1) is 7.00. The third-order valence-corrected chi connectivity index (χ3v) is 1.93. The Morgan fingerprint density at radius 1 is 1.47 bits per heavy atom. The van der Waals surface area contributed by atoms with E-state index < -0.39 is 23.4 Å². The van der Waals surface area contributed by atoms with Crippen LogP contribution in [0.3, 0.4) is 0 Å². The van der Waals surface area contributed by atoms with Gasteiger partial charge in [-0.25, -0.2) is 4.79 Å². The highest BCUT2D eigenvalue weighted by molar-refractivity contribution is 5.02. The predicted molar refractivity (Wildman–Crippen MR) is 45.5 cm³/mol. The van der Waals surface area contributed by atoms with Crippen LogP contribution in [0.15, 0.2) is 34.2 Å². The summed E-state index contributed by atoms with van der Waals surface area (Å²) in [6, 6.07) is 0.971. The second-order valence-corrected chi connectivity index (χ2v) is 2.98. The molecule has 0 saturated carbocycles. The molecule has 1 unspecified atom stereocenters. The Balaban J connectivity index is 2.48. The van der Waals surface area contributed by atoms with Gasteiger partial charge in [0.15, 0.2) is 0 Å². The number of hydrogen-bond donors (Lipinski definition) is 1. The number of aromatic nitrogens is 2. The number of ether oxygens (including phenoxy) is 1. The van der Waals surface area contributed by atoms with Gasteiger partial charge >= 0.3 is 11.6 Å². The van der Waals surface area contributed by atoms with Gasteiger partial charge < -0.3 is 4.74 Å². The van der Waals surface area contributed by atoms with E-state index >= 15 is 0 Å². The minimum atomic E-state index is -3.26. The molecule has 1 aromatic heterocycles. The molecule has 0 radical (unpaired) electrons. The van der Waals surface area contributed by atoms with Gasteiger partial charge in [-0.05, 0) is 0 Å². The van der Waals surface area contributed by atoms with E-state index in [1.54, 1.807) is 0 Å². The zero-order valence-electron chi connectivity index (χ0n) is 7.31. The molecule has 1 aliphatic heterocycles. The van der Waals surface area contributed by atoms with Crippen LogP contribution >= 0.6 is 0 Å². The fourth-order valence-corrected chi connectivity index (χ4v) is 1.24. The summed E-state index contributed by atoms with van der Waals surface area (Å²) in [7, 11) is 0. The summed E-state index contributed by atoms with van der Waals surface area (Å²) >= 11 is 0. The van der Waals surface area contributed by atoms with Crippen molar-refractivity contribution in [3.05, 3.63) is 45.4 Å². The maximum atomic E-state index is 13.1. The van der Waals surface area contributed by atoms with Gasteiger partial charge in [0.2, 0.25) is 6.23 Å². The van der Waals surface area contributed by atoms with E-state index in [1.165, 1.54) is 0 Å². The van der Waals surface area contributed by atoms with Gasteiger partial charge in [-0.15, -0.1) is 0 Å². The molecule has 0 saturated heterocycles. The Bertz CT molecular complexity index is 517. The normalized spacial score (nSPS) is 22.7. The van der Waals surface area contributed by atoms with Crippen LogP contribution < -0.4 is 11.2 Å². The Morgan fingerprint density at radius 2 is 2.20 bits per heavy atom. The van der Waals surface area contributed by atoms with Crippen LogP contribution in [0.25, 0.3) is 0 Å². The lowest BCUT2D eigenvalue weighted by molar-refractivity contribution is -0.0925. The third-order valence-electron chi connectivity index (χ3n) is 1.93. The minimum absolute atomic E-state index is 0.551. The van der Waals surface area contributed by atoms with Crippen molar-refractivity contribution in [2.24, 2.45) is 0 Å². The molecule has 7 heteroatoms. The number of alkyl halides is 2. The summed E-state index contributed by atoms with van der Waals surface area (Å²) in [6.45, 7) is 0. The Kier molecular flexibility index (Phi) is 1.95. The molecule has 80 valence electrons. The van der Waals surface area contributed by atoms with Crippen molar-refractivity contribution in [2.45, 2.75) is 12.2 Å². The average molecular weight is 216 g/mol. The van der Waals surface area contributed by atoms with Crippen LogP contribution in [0.1, 0.15) is 6.23 Å². The van der Waals surface area contributed by atoms with Crippen LogP contribution in [0.2, 0.25) is 0 Å². The summed E-state index contributed by atoms with van der Waals surface area (Å²) in [4.78, 5) is 23.8. The molecule has 1 atom stereocenters. The number of nitrogens with one attached hydrogen (secondary N) is 1. The predicted octanol–water partition coefficient (Wildman–Crippen LogP) is 0.214. The molecule has 2 rings (SSSR count). The van der Waals surface area contributed by atoms with E-state index in [0.717, 1.165) is 18.5 Å². The number of nitrogens with zero attached hydrogens (tertiary/aromatic N) is 1. The summed E-state index contributed by atoms with van der Waals surface area (Å²) < 4.78 is 31.4. The fourth-order valence-electron chi connectivity index (χ4n) is 1.24. The maximum absolute atomic E-state index is 13.1. The summed E-state index contributed by atoms with van der Waals surface area (Å²) in [5.41, 5.74) is -1.58. The fraction of sp³-hybridized carbons (Fsp3) is 0.250. The number of rotatable bonds is 1. The van der Waals surface area contributed by atoms with E-state index in [0.29, 0.717) is 10.6 Å². The van der Waals surface area contributed by atoms with Crippen molar-refractivity contribution in [3.63, 3.8) is 0 Å². The first-order valence-corrected chi connectivity index (χ1v) is 4.03.